The number of allylic oxidation sites excluding steroid dienone is 4. The Labute approximate surface area is 290 Å². The van der Waals surface area contributed by atoms with Crippen molar-refractivity contribution >= 4 is 11.9 Å². The molecule has 1 fully saturated rings. The van der Waals surface area contributed by atoms with Gasteiger partial charge >= 0.3 is 11.9 Å². The fourth-order valence-electron chi connectivity index (χ4n) is 5.52. The lowest BCUT2D eigenvalue weighted by Crippen LogP contribution is -2.59. The molecular formula is C38H68O10. The summed E-state index contributed by atoms with van der Waals surface area (Å²) in [6, 6.07) is 0. The third-order valence-electron chi connectivity index (χ3n) is 8.57. The highest BCUT2D eigenvalue weighted by Gasteiger charge is 2.44. The highest BCUT2D eigenvalue weighted by molar-refractivity contribution is 5.70. The standard InChI is InChI=1S/C38H68O10/c1-3-5-7-9-11-13-15-16-17-19-21-23-25-27-34(41)47-31(30-46-38-37(44)36(43)35(42)32(28-39)48-38)29-45-33(40)26-24-22-20-18-14-12-10-8-6-4-2/h7,9,13,15,31-32,35-39,42-44H,3-6,8,10-12,14,16-30H2,1-2H3/b9-7-,15-13-. The van der Waals surface area contributed by atoms with Gasteiger partial charge in [0.05, 0.1) is 13.2 Å². The number of aliphatic hydroxyl groups is 4. The molecule has 0 radical (unpaired) electrons. The van der Waals surface area contributed by atoms with Crippen LogP contribution < -0.4 is 0 Å². The molecule has 0 spiro atoms. The van der Waals surface area contributed by atoms with E-state index in [9.17, 15) is 30.0 Å². The normalized spacial score (nSPS) is 22.0. The molecule has 0 aromatic heterocycles. The molecule has 10 nitrogen and oxygen atoms in total. The van der Waals surface area contributed by atoms with Gasteiger partial charge in [0.15, 0.2) is 12.4 Å². The van der Waals surface area contributed by atoms with Crippen LogP contribution in [0.1, 0.15) is 149 Å². The molecule has 1 aliphatic heterocycles. The Morgan fingerprint density at radius 1 is 0.646 bits per heavy atom. The third kappa shape index (κ3) is 22.0. The summed E-state index contributed by atoms with van der Waals surface area (Å²) in [4.78, 5) is 25.1. The van der Waals surface area contributed by atoms with Crippen LogP contribution in [-0.4, -0.2) is 89.0 Å². The third-order valence-corrected chi connectivity index (χ3v) is 8.57. The molecule has 0 amide bonds. The van der Waals surface area contributed by atoms with Crippen LogP contribution in [0.3, 0.4) is 0 Å². The number of hydrogen-bond acceptors (Lipinski definition) is 10. The quantitative estimate of drug-likeness (QED) is 0.0370. The fourth-order valence-corrected chi connectivity index (χ4v) is 5.52. The van der Waals surface area contributed by atoms with Crippen molar-refractivity contribution in [3.05, 3.63) is 24.3 Å². The SMILES string of the molecule is CCC/C=C\C/C=C\CCCCCCCC(=O)OC(COC(=O)CCCCCCCCCCCC)COC1OC(CO)C(O)C(O)C1O. The van der Waals surface area contributed by atoms with Crippen molar-refractivity contribution in [3.63, 3.8) is 0 Å². The molecule has 4 N–H and O–H groups in total. The maximum absolute atomic E-state index is 12.7. The summed E-state index contributed by atoms with van der Waals surface area (Å²) in [6.45, 7) is 3.30. The average Bonchev–Trinajstić information content (AvgIpc) is 3.08. The summed E-state index contributed by atoms with van der Waals surface area (Å²) in [5.41, 5.74) is 0. The van der Waals surface area contributed by atoms with Gasteiger partial charge in [0.2, 0.25) is 0 Å². The van der Waals surface area contributed by atoms with Crippen molar-refractivity contribution in [3.8, 4) is 0 Å². The number of aliphatic hydroxyl groups excluding tert-OH is 4. The van der Waals surface area contributed by atoms with Crippen molar-refractivity contribution in [2.75, 3.05) is 19.8 Å². The van der Waals surface area contributed by atoms with Gasteiger partial charge in [-0.1, -0.05) is 122 Å². The number of ether oxygens (including phenoxy) is 4. The van der Waals surface area contributed by atoms with Gasteiger partial charge in [0.1, 0.15) is 31.0 Å². The maximum Gasteiger partial charge on any atom is 0.306 e. The summed E-state index contributed by atoms with van der Waals surface area (Å²) in [6.07, 6.45) is 21.9. The second-order valence-corrected chi connectivity index (χ2v) is 13.0. The van der Waals surface area contributed by atoms with E-state index in [1.165, 1.54) is 51.4 Å². The summed E-state index contributed by atoms with van der Waals surface area (Å²) in [7, 11) is 0. The van der Waals surface area contributed by atoms with E-state index >= 15 is 0 Å². The molecule has 0 aromatic carbocycles. The molecule has 0 bridgehead atoms. The largest absolute Gasteiger partial charge is 0.462 e. The second-order valence-electron chi connectivity index (χ2n) is 13.0. The zero-order chi connectivity index (χ0) is 35.2. The van der Waals surface area contributed by atoms with E-state index in [1.54, 1.807) is 0 Å². The van der Waals surface area contributed by atoms with Crippen LogP contribution in [-0.2, 0) is 28.5 Å². The van der Waals surface area contributed by atoms with Crippen LogP contribution in [0.4, 0.5) is 0 Å². The van der Waals surface area contributed by atoms with E-state index in [0.29, 0.717) is 6.42 Å². The van der Waals surface area contributed by atoms with Crippen LogP contribution in [0, 0.1) is 0 Å². The Morgan fingerprint density at radius 2 is 1.21 bits per heavy atom. The second kappa shape index (κ2) is 30.0. The topological polar surface area (TPSA) is 152 Å². The van der Waals surface area contributed by atoms with Crippen LogP contribution in [0.5, 0.6) is 0 Å². The lowest BCUT2D eigenvalue weighted by Gasteiger charge is -2.39. The van der Waals surface area contributed by atoms with E-state index in [0.717, 1.165) is 64.2 Å². The van der Waals surface area contributed by atoms with Gasteiger partial charge < -0.3 is 39.4 Å². The van der Waals surface area contributed by atoms with Gasteiger partial charge in [-0.25, -0.2) is 0 Å². The first-order valence-electron chi connectivity index (χ1n) is 18.9. The number of unbranched alkanes of at least 4 members (excludes halogenated alkanes) is 15. The molecule has 0 saturated carbocycles. The monoisotopic (exact) mass is 684 g/mol. The minimum atomic E-state index is -1.59. The fraction of sp³-hybridized carbons (Fsp3) is 0.842. The van der Waals surface area contributed by atoms with Crippen molar-refractivity contribution in [2.45, 2.75) is 185 Å². The molecule has 280 valence electrons. The van der Waals surface area contributed by atoms with Gasteiger partial charge in [0, 0.05) is 12.8 Å². The molecule has 0 aliphatic carbocycles. The highest BCUT2D eigenvalue weighted by Crippen LogP contribution is 2.22. The Morgan fingerprint density at radius 3 is 1.81 bits per heavy atom. The van der Waals surface area contributed by atoms with Crippen LogP contribution in [0.15, 0.2) is 24.3 Å². The smallest absolute Gasteiger partial charge is 0.306 e. The summed E-state index contributed by atoms with van der Waals surface area (Å²) < 4.78 is 22.0. The van der Waals surface area contributed by atoms with E-state index < -0.39 is 49.4 Å². The summed E-state index contributed by atoms with van der Waals surface area (Å²) >= 11 is 0. The molecule has 10 heteroatoms. The van der Waals surface area contributed by atoms with Gasteiger partial charge in [-0.2, -0.15) is 0 Å². The molecule has 6 unspecified atom stereocenters. The summed E-state index contributed by atoms with van der Waals surface area (Å²) in [5.74, 6) is -0.825. The van der Waals surface area contributed by atoms with Gasteiger partial charge in [0.25, 0.3) is 0 Å². The molecule has 1 rings (SSSR count). The van der Waals surface area contributed by atoms with Gasteiger partial charge in [-0.3, -0.25) is 9.59 Å². The first-order chi connectivity index (χ1) is 23.3. The molecule has 1 saturated heterocycles. The van der Waals surface area contributed by atoms with Crippen molar-refractivity contribution in [1.29, 1.82) is 0 Å². The molecule has 6 atom stereocenters. The number of rotatable bonds is 30. The Hall–Kier alpha value is -1.82. The zero-order valence-electron chi connectivity index (χ0n) is 30.0. The summed E-state index contributed by atoms with van der Waals surface area (Å²) in [5, 5.41) is 39.8. The Kier molecular flexibility index (Phi) is 27.7. The van der Waals surface area contributed by atoms with Crippen LogP contribution in [0.2, 0.25) is 0 Å². The number of carbonyl (C=O) groups is 2. The predicted octanol–water partition coefficient (Wildman–Crippen LogP) is 6.60. The van der Waals surface area contributed by atoms with Crippen LogP contribution in [0.25, 0.3) is 0 Å². The highest BCUT2D eigenvalue weighted by atomic mass is 16.7. The number of carbonyl (C=O) groups excluding carboxylic acids is 2. The van der Waals surface area contributed by atoms with Crippen LogP contribution >= 0.6 is 0 Å². The van der Waals surface area contributed by atoms with E-state index in [-0.39, 0.29) is 32.0 Å². The first kappa shape index (κ1) is 44.2. The number of esters is 2. The average molecular weight is 685 g/mol. The maximum atomic E-state index is 12.7. The lowest BCUT2D eigenvalue weighted by molar-refractivity contribution is -0.305. The zero-order valence-corrected chi connectivity index (χ0v) is 30.0. The predicted molar refractivity (Wildman–Crippen MR) is 187 cm³/mol. The minimum Gasteiger partial charge on any atom is -0.462 e. The number of hydrogen-bond donors (Lipinski definition) is 4. The van der Waals surface area contributed by atoms with E-state index in [4.69, 9.17) is 18.9 Å². The molecule has 1 aliphatic rings. The van der Waals surface area contributed by atoms with Crippen molar-refractivity contribution in [2.24, 2.45) is 0 Å². The van der Waals surface area contributed by atoms with E-state index in [2.05, 4.69) is 38.2 Å². The Bertz CT molecular complexity index is 845. The van der Waals surface area contributed by atoms with Crippen molar-refractivity contribution in [1.82, 2.24) is 0 Å². The van der Waals surface area contributed by atoms with E-state index in [1.807, 2.05) is 0 Å². The molecule has 0 aromatic rings. The van der Waals surface area contributed by atoms with Gasteiger partial charge in [-0.15, -0.1) is 0 Å². The van der Waals surface area contributed by atoms with Crippen molar-refractivity contribution < 1.29 is 49.0 Å². The first-order valence-corrected chi connectivity index (χ1v) is 18.9. The lowest BCUT2D eigenvalue weighted by atomic mass is 9.99. The molecule has 48 heavy (non-hydrogen) atoms. The Balaban J connectivity index is 2.42. The minimum absolute atomic E-state index is 0.215. The molecular weight excluding hydrogens is 616 g/mol. The molecule has 1 heterocycles. The van der Waals surface area contributed by atoms with Gasteiger partial charge in [-0.05, 0) is 38.5 Å².